The van der Waals surface area contributed by atoms with Crippen LogP contribution < -0.4 is 0 Å². The van der Waals surface area contributed by atoms with Crippen molar-refractivity contribution < 1.29 is 9.18 Å². The third-order valence-electron chi connectivity index (χ3n) is 4.23. The van der Waals surface area contributed by atoms with Crippen molar-refractivity contribution in [3.63, 3.8) is 0 Å². The maximum Gasteiger partial charge on any atom is 0.276 e. The average molecular weight is 338 g/mol. The van der Waals surface area contributed by atoms with Gasteiger partial charge in [0.2, 0.25) is 0 Å². The molecular formula is C19H19FN4O. The van der Waals surface area contributed by atoms with Gasteiger partial charge in [-0.3, -0.25) is 4.79 Å². The lowest BCUT2D eigenvalue weighted by Crippen LogP contribution is -2.30. The summed E-state index contributed by atoms with van der Waals surface area (Å²) in [5, 5.41) is 8.68. The van der Waals surface area contributed by atoms with Crippen molar-refractivity contribution in [2.45, 2.75) is 19.9 Å². The summed E-state index contributed by atoms with van der Waals surface area (Å²) in [5.74, 6) is -0.525. The molecule has 128 valence electrons. The molecule has 5 nitrogen and oxygen atoms in total. The smallest absolute Gasteiger partial charge is 0.276 e. The lowest BCUT2D eigenvalue weighted by molar-refractivity contribution is 0.0735. The summed E-state index contributed by atoms with van der Waals surface area (Å²) in [6.45, 7) is 3.65. The highest BCUT2D eigenvalue weighted by atomic mass is 19.1. The molecule has 0 N–H and O–H groups in total. The van der Waals surface area contributed by atoms with Gasteiger partial charge >= 0.3 is 0 Å². The number of carbonyl (C=O) groups is 1. The number of amides is 1. The Morgan fingerprint density at radius 1 is 1.08 bits per heavy atom. The molecule has 1 atom stereocenters. The first-order valence-electron chi connectivity index (χ1n) is 7.99. The van der Waals surface area contributed by atoms with Crippen molar-refractivity contribution >= 4 is 5.91 Å². The third kappa shape index (κ3) is 3.42. The fourth-order valence-corrected chi connectivity index (χ4v) is 2.56. The van der Waals surface area contributed by atoms with Gasteiger partial charge in [0.15, 0.2) is 5.69 Å². The number of benzene rings is 2. The van der Waals surface area contributed by atoms with E-state index in [9.17, 15) is 9.18 Å². The largest absolute Gasteiger partial charge is 0.333 e. The van der Waals surface area contributed by atoms with Gasteiger partial charge in [-0.2, -0.15) is 9.90 Å². The molecule has 0 saturated heterocycles. The average Bonchev–Trinajstić information content (AvgIpc) is 3.03. The van der Waals surface area contributed by atoms with Crippen molar-refractivity contribution in [3.05, 3.63) is 77.4 Å². The molecule has 1 heterocycles. The summed E-state index contributed by atoms with van der Waals surface area (Å²) >= 11 is 0. The molecule has 0 saturated carbocycles. The van der Waals surface area contributed by atoms with E-state index in [0.29, 0.717) is 11.4 Å². The third-order valence-corrected chi connectivity index (χ3v) is 4.23. The maximum absolute atomic E-state index is 13.1. The molecule has 3 aromatic rings. The van der Waals surface area contributed by atoms with Gasteiger partial charge in [0, 0.05) is 7.05 Å². The summed E-state index contributed by atoms with van der Waals surface area (Å²) in [6, 6.07) is 15.4. The Morgan fingerprint density at radius 2 is 1.72 bits per heavy atom. The number of hydrogen-bond donors (Lipinski definition) is 0. The second-order valence-corrected chi connectivity index (χ2v) is 5.90. The molecule has 0 bridgehead atoms. The Kier molecular flexibility index (Phi) is 4.61. The van der Waals surface area contributed by atoms with Crippen LogP contribution in [0.3, 0.4) is 0 Å². The van der Waals surface area contributed by atoms with Crippen molar-refractivity contribution in [3.8, 4) is 5.69 Å². The Balaban J connectivity index is 1.85. The minimum Gasteiger partial charge on any atom is -0.333 e. The summed E-state index contributed by atoms with van der Waals surface area (Å²) in [7, 11) is 1.71. The number of aromatic nitrogens is 3. The van der Waals surface area contributed by atoms with Gasteiger partial charge in [-0.25, -0.2) is 4.39 Å². The maximum atomic E-state index is 13.1. The first-order chi connectivity index (χ1) is 12.0. The standard InChI is InChI=1S/C19H19FN4O/c1-13-18(22-24(21-13)17-7-5-4-6-8-17)19(25)23(3)14(2)15-9-11-16(20)12-10-15/h4-12,14H,1-3H3. The molecule has 6 heteroatoms. The van der Waals surface area contributed by atoms with Crippen molar-refractivity contribution in [1.82, 2.24) is 19.9 Å². The van der Waals surface area contributed by atoms with Crippen LogP contribution in [0.4, 0.5) is 4.39 Å². The highest BCUT2D eigenvalue weighted by Crippen LogP contribution is 2.21. The van der Waals surface area contributed by atoms with Gasteiger partial charge in [0.05, 0.1) is 17.4 Å². The number of carbonyl (C=O) groups excluding carboxylic acids is 1. The fraction of sp³-hybridized carbons (Fsp3) is 0.211. The topological polar surface area (TPSA) is 51.0 Å². The predicted molar refractivity (Wildman–Crippen MR) is 93.0 cm³/mol. The van der Waals surface area contributed by atoms with Crippen LogP contribution >= 0.6 is 0 Å². The molecule has 3 rings (SSSR count). The van der Waals surface area contributed by atoms with Gasteiger partial charge < -0.3 is 4.90 Å². The van der Waals surface area contributed by atoms with Crippen LogP contribution in [0.15, 0.2) is 54.6 Å². The van der Waals surface area contributed by atoms with E-state index in [4.69, 9.17) is 0 Å². The lowest BCUT2D eigenvalue weighted by atomic mass is 10.1. The van der Waals surface area contributed by atoms with Crippen LogP contribution in [-0.2, 0) is 0 Å². The number of rotatable bonds is 4. The van der Waals surface area contributed by atoms with Gasteiger partial charge in [-0.1, -0.05) is 30.3 Å². The van der Waals surface area contributed by atoms with Gasteiger partial charge in [-0.15, -0.1) is 5.10 Å². The van der Waals surface area contributed by atoms with Crippen molar-refractivity contribution in [1.29, 1.82) is 0 Å². The molecule has 0 fully saturated rings. The van der Waals surface area contributed by atoms with E-state index >= 15 is 0 Å². The van der Waals surface area contributed by atoms with Gasteiger partial charge in [-0.05, 0) is 43.7 Å². The van der Waals surface area contributed by atoms with E-state index in [0.717, 1.165) is 11.3 Å². The zero-order chi connectivity index (χ0) is 18.0. The summed E-state index contributed by atoms with van der Waals surface area (Å²) < 4.78 is 13.1. The number of halogens is 1. The SMILES string of the molecule is Cc1nn(-c2ccccc2)nc1C(=O)N(C)C(C)c1ccc(F)cc1. The lowest BCUT2D eigenvalue weighted by Gasteiger charge is -2.24. The number of hydrogen-bond acceptors (Lipinski definition) is 3. The van der Waals surface area contributed by atoms with Crippen LogP contribution in [0.25, 0.3) is 5.69 Å². The van der Waals surface area contributed by atoms with Crippen molar-refractivity contribution in [2.24, 2.45) is 0 Å². The van der Waals surface area contributed by atoms with Gasteiger partial charge in [0.25, 0.3) is 5.91 Å². The number of nitrogens with zero attached hydrogens (tertiary/aromatic N) is 4. The monoisotopic (exact) mass is 338 g/mol. The minimum atomic E-state index is -0.299. The minimum absolute atomic E-state index is 0.214. The molecule has 2 aromatic carbocycles. The molecular weight excluding hydrogens is 319 g/mol. The van der Waals surface area contributed by atoms with Crippen molar-refractivity contribution in [2.75, 3.05) is 7.05 Å². The molecule has 0 aliphatic carbocycles. The van der Waals surface area contributed by atoms with E-state index < -0.39 is 0 Å². The molecule has 1 unspecified atom stereocenters. The Labute approximate surface area is 145 Å². The highest BCUT2D eigenvalue weighted by molar-refractivity contribution is 5.93. The zero-order valence-electron chi connectivity index (χ0n) is 14.3. The van der Waals surface area contributed by atoms with E-state index in [1.807, 2.05) is 37.3 Å². The normalized spacial score (nSPS) is 12.0. The number of para-hydroxylation sites is 1. The second-order valence-electron chi connectivity index (χ2n) is 5.90. The van der Waals surface area contributed by atoms with Crippen LogP contribution in [-0.4, -0.2) is 32.8 Å². The Morgan fingerprint density at radius 3 is 2.36 bits per heavy atom. The summed E-state index contributed by atoms with van der Waals surface area (Å²) in [4.78, 5) is 15.9. The predicted octanol–water partition coefficient (Wildman–Crippen LogP) is 3.55. The first-order valence-corrected chi connectivity index (χ1v) is 7.99. The van der Waals surface area contributed by atoms with E-state index in [1.54, 1.807) is 31.0 Å². The highest BCUT2D eigenvalue weighted by Gasteiger charge is 2.24. The summed E-state index contributed by atoms with van der Waals surface area (Å²) in [6.07, 6.45) is 0. The molecule has 0 spiro atoms. The fourth-order valence-electron chi connectivity index (χ4n) is 2.56. The molecule has 0 aliphatic heterocycles. The quantitative estimate of drug-likeness (QED) is 0.731. The van der Waals surface area contributed by atoms with E-state index in [1.165, 1.54) is 16.9 Å². The Bertz CT molecular complexity index is 874. The van der Waals surface area contributed by atoms with Crippen LogP contribution in [0.5, 0.6) is 0 Å². The van der Waals surface area contributed by atoms with Gasteiger partial charge in [0.1, 0.15) is 5.82 Å². The van der Waals surface area contributed by atoms with Crippen LogP contribution in [0, 0.1) is 12.7 Å². The Hall–Kier alpha value is -3.02. The van der Waals surface area contributed by atoms with Crippen LogP contribution in [0.2, 0.25) is 0 Å². The second kappa shape index (κ2) is 6.84. The molecule has 1 amide bonds. The molecule has 0 radical (unpaired) electrons. The first kappa shape index (κ1) is 16.8. The summed E-state index contributed by atoms with van der Waals surface area (Å²) in [5.41, 5.74) is 2.51. The van der Waals surface area contributed by atoms with E-state index in [2.05, 4.69) is 10.2 Å². The van der Waals surface area contributed by atoms with Crippen LogP contribution in [0.1, 0.15) is 34.7 Å². The van der Waals surface area contributed by atoms with E-state index in [-0.39, 0.29) is 17.8 Å². The molecule has 25 heavy (non-hydrogen) atoms. The molecule has 1 aromatic heterocycles. The molecule has 0 aliphatic rings. The zero-order valence-corrected chi connectivity index (χ0v) is 14.3. The number of aryl methyl sites for hydroxylation is 1.